The number of amides is 1. The highest BCUT2D eigenvalue weighted by molar-refractivity contribution is 9.10. The average Bonchev–Trinajstić information content (AvgIpc) is 2.80. The molecule has 0 aromatic heterocycles. The van der Waals surface area contributed by atoms with E-state index in [4.69, 9.17) is 21.4 Å². The van der Waals surface area contributed by atoms with E-state index in [2.05, 4.69) is 26.6 Å². The van der Waals surface area contributed by atoms with Crippen LogP contribution in [0.2, 0.25) is 5.02 Å². The number of ether oxygens (including phenoxy) is 1. The molecule has 11 heteroatoms. The summed E-state index contributed by atoms with van der Waals surface area (Å²) in [4.78, 5) is 12.6. The molecule has 0 atom stereocenters. The van der Waals surface area contributed by atoms with Crippen molar-refractivity contribution in [2.75, 3.05) is 24.7 Å². The molecule has 0 spiro atoms. The lowest BCUT2D eigenvalue weighted by Crippen LogP contribution is -2.18. The van der Waals surface area contributed by atoms with Crippen molar-refractivity contribution >= 4 is 49.0 Å². The molecular formula is C24H23BrClFN2O5S. The minimum atomic E-state index is -3.49. The fourth-order valence-electron chi connectivity index (χ4n) is 3.17. The lowest BCUT2D eigenvalue weighted by atomic mass is 10.1. The van der Waals surface area contributed by atoms with E-state index in [9.17, 15) is 13.2 Å². The van der Waals surface area contributed by atoms with Crippen molar-refractivity contribution in [2.24, 2.45) is 0 Å². The molecule has 0 fully saturated rings. The van der Waals surface area contributed by atoms with E-state index in [1.165, 1.54) is 24.3 Å². The zero-order chi connectivity index (χ0) is 25.6. The van der Waals surface area contributed by atoms with E-state index in [0.29, 0.717) is 18.8 Å². The van der Waals surface area contributed by atoms with Gasteiger partial charge >= 0.3 is 0 Å². The first kappa shape index (κ1) is 27.1. The molecule has 1 amide bonds. The van der Waals surface area contributed by atoms with Crippen molar-refractivity contribution in [1.29, 1.82) is 0 Å². The third-order valence-corrected chi connectivity index (χ3v) is 6.87. The zero-order valence-electron chi connectivity index (χ0n) is 18.6. The highest BCUT2D eigenvalue weighted by Crippen LogP contribution is 2.27. The Labute approximate surface area is 216 Å². The van der Waals surface area contributed by atoms with Gasteiger partial charge in [-0.2, -0.15) is 0 Å². The number of sulfone groups is 1. The number of halogens is 3. The Morgan fingerprint density at radius 3 is 2.60 bits per heavy atom. The molecule has 3 aromatic rings. The van der Waals surface area contributed by atoms with Gasteiger partial charge in [0.05, 0.1) is 27.8 Å². The normalized spacial score (nSPS) is 11.3. The fourth-order valence-corrected chi connectivity index (χ4v) is 4.56. The maximum absolute atomic E-state index is 15.1. The van der Waals surface area contributed by atoms with Crippen LogP contribution >= 0.6 is 27.5 Å². The standard InChI is InChI=1S/C24H23BrClFN2O5S/c1-35(32,33)18-6-7-19(20(26)12-18)24(31)29-21-4-2-3-15(23(21)27)14-34-22-8-5-17(25)11-16(22)13-28-9-10-30/h2-8,11-12,28,30H,9-10,13-14H2,1H3,(H,29,31). The number of nitrogens with one attached hydrogen (secondary N) is 2. The molecule has 3 aromatic carbocycles. The van der Waals surface area contributed by atoms with Gasteiger partial charge in [0.25, 0.3) is 5.91 Å². The van der Waals surface area contributed by atoms with E-state index in [1.54, 1.807) is 24.3 Å². The van der Waals surface area contributed by atoms with E-state index in [-0.39, 0.29) is 39.9 Å². The van der Waals surface area contributed by atoms with Crippen LogP contribution in [0.3, 0.4) is 0 Å². The molecular weight excluding hydrogens is 563 g/mol. The summed E-state index contributed by atoms with van der Waals surface area (Å²) in [5.41, 5.74) is 0.985. The molecule has 0 aliphatic heterocycles. The summed E-state index contributed by atoms with van der Waals surface area (Å²) in [6.45, 7) is 0.783. The molecule has 35 heavy (non-hydrogen) atoms. The Morgan fingerprint density at radius 2 is 1.91 bits per heavy atom. The summed E-state index contributed by atoms with van der Waals surface area (Å²) in [6.07, 6.45) is 1.03. The van der Waals surface area contributed by atoms with E-state index in [0.717, 1.165) is 16.3 Å². The van der Waals surface area contributed by atoms with Gasteiger partial charge in [0.2, 0.25) is 0 Å². The number of hydrogen-bond acceptors (Lipinski definition) is 6. The summed E-state index contributed by atoms with van der Waals surface area (Å²) in [5.74, 6) is -0.802. The average molecular weight is 586 g/mol. The zero-order valence-corrected chi connectivity index (χ0v) is 21.8. The van der Waals surface area contributed by atoms with Crippen LogP contribution in [-0.2, 0) is 23.0 Å². The molecule has 0 bridgehead atoms. The molecule has 0 saturated heterocycles. The SMILES string of the molecule is CS(=O)(=O)c1ccc(C(=O)Nc2cccc(COc3ccc(Br)cc3CNCCO)c2F)c(Cl)c1. The summed E-state index contributed by atoms with van der Waals surface area (Å²) in [7, 11) is -3.49. The van der Waals surface area contributed by atoms with Crippen LogP contribution in [0.4, 0.5) is 10.1 Å². The molecule has 0 saturated carbocycles. The lowest BCUT2D eigenvalue weighted by molar-refractivity contribution is 0.102. The van der Waals surface area contributed by atoms with Crippen molar-refractivity contribution in [3.05, 3.63) is 86.6 Å². The first-order chi connectivity index (χ1) is 16.6. The Bertz CT molecular complexity index is 1340. The number of benzene rings is 3. The van der Waals surface area contributed by atoms with Crippen LogP contribution in [0.25, 0.3) is 0 Å². The van der Waals surface area contributed by atoms with Gasteiger partial charge < -0.3 is 20.5 Å². The number of aliphatic hydroxyl groups is 1. The van der Waals surface area contributed by atoms with E-state index in [1.807, 2.05) is 6.07 Å². The second-order valence-electron chi connectivity index (χ2n) is 7.59. The fraction of sp³-hybridized carbons (Fsp3) is 0.208. The van der Waals surface area contributed by atoms with Crippen molar-refractivity contribution in [3.63, 3.8) is 0 Å². The Kier molecular flexibility index (Phi) is 9.26. The number of carbonyl (C=O) groups excluding carboxylic acids is 1. The van der Waals surface area contributed by atoms with Crippen LogP contribution in [0.5, 0.6) is 5.75 Å². The second kappa shape index (κ2) is 12.0. The third kappa shape index (κ3) is 7.25. The molecule has 0 aliphatic carbocycles. The van der Waals surface area contributed by atoms with Crippen LogP contribution < -0.4 is 15.4 Å². The van der Waals surface area contributed by atoms with Gasteiger partial charge in [0, 0.05) is 34.9 Å². The topological polar surface area (TPSA) is 105 Å². The van der Waals surface area contributed by atoms with Crippen molar-refractivity contribution in [1.82, 2.24) is 5.32 Å². The monoisotopic (exact) mass is 584 g/mol. The molecule has 0 radical (unpaired) electrons. The van der Waals surface area contributed by atoms with Gasteiger partial charge in [-0.05, 0) is 42.5 Å². The van der Waals surface area contributed by atoms with Gasteiger partial charge in [-0.25, -0.2) is 12.8 Å². The summed E-state index contributed by atoms with van der Waals surface area (Å²) >= 11 is 9.51. The predicted octanol–water partition coefficient (Wildman–Crippen LogP) is 4.56. The summed E-state index contributed by atoms with van der Waals surface area (Å²) < 4.78 is 45.2. The first-order valence-electron chi connectivity index (χ1n) is 10.4. The van der Waals surface area contributed by atoms with Crippen molar-refractivity contribution in [2.45, 2.75) is 18.0 Å². The first-order valence-corrected chi connectivity index (χ1v) is 13.5. The largest absolute Gasteiger partial charge is 0.488 e. The van der Waals surface area contributed by atoms with Crippen molar-refractivity contribution < 1.29 is 27.4 Å². The number of anilines is 1. The van der Waals surface area contributed by atoms with E-state index < -0.39 is 21.6 Å². The van der Waals surface area contributed by atoms with E-state index >= 15 is 4.39 Å². The van der Waals surface area contributed by atoms with Gasteiger partial charge in [0.15, 0.2) is 15.7 Å². The predicted molar refractivity (Wildman–Crippen MR) is 136 cm³/mol. The highest BCUT2D eigenvalue weighted by Gasteiger charge is 2.17. The van der Waals surface area contributed by atoms with Crippen LogP contribution in [0.1, 0.15) is 21.5 Å². The van der Waals surface area contributed by atoms with Gasteiger partial charge in [-0.1, -0.05) is 39.7 Å². The Hall–Kier alpha value is -2.50. The maximum Gasteiger partial charge on any atom is 0.257 e. The molecule has 7 nitrogen and oxygen atoms in total. The number of carbonyl (C=O) groups is 1. The molecule has 0 unspecified atom stereocenters. The Balaban J connectivity index is 1.75. The highest BCUT2D eigenvalue weighted by atomic mass is 79.9. The number of rotatable bonds is 10. The molecule has 186 valence electrons. The number of aliphatic hydroxyl groups excluding tert-OH is 1. The van der Waals surface area contributed by atoms with Gasteiger partial charge in [-0.3, -0.25) is 4.79 Å². The second-order valence-corrected chi connectivity index (χ2v) is 10.9. The molecule has 3 rings (SSSR count). The van der Waals surface area contributed by atoms with Crippen LogP contribution in [0.15, 0.2) is 64.0 Å². The van der Waals surface area contributed by atoms with Crippen molar-refractivity contribution in [3.8, 4) is 5.75 Å². The number of hydrogen-bond donors (Lipinski definition) is 3. The summed E-state index contributed by atoms with van der Waals surface area (Å²) in [5, 5.41) is 14.4. The Morgan fingerprint density at radius 1 is 1.14 bits per heavy atom. The van der Waals surface area contributed by atoms with Gasteiger partial charge in [-0.15, -0.1) is 0 Å². The lowest BCUT2D eigenvalue weighted by Gasteiger charge is -2.14. The molecule has 0 heterocycles. The van der Waals surface area contributed by atoms with Crippen LogP contribution in [0, 0.1) is 5.82 Å². The quantitative estimate of drug-likeness (QED) is 0.302. The smallest absolute Gasteiger partial charge is 0.257 e. The minimum Gasteiger partial charge on any atom is -0.488 e. The van der Waals surface area contributed by atoms with Gasteiger partial charge in [0.1, 0.15) is 12.4 Å². The molecule has 0 aliphatic rings. The maximum atomic E-state index is 15.1. The molecule has 3 N–H and O–H groups in total. The third-order valence-electron chi connectivity index (χ3n) is 4.95. The minimum absolute atomic E-state index is 0.000970. The summed E-state index contributed by atoms with van der Waals surface area (Å²) in [6, 6.07) is 13.7. The van der Waals surface area contributed by atoms with Crippen LogP contribution in [-0.4, -0.2) is 38.8 Å².